The first-order valence-corrected chi connectivity index (χ1v) is 16.0. The van der Waals surface area contributed by atoms with Gasteiger partial charge in [0.25, 0.3) is 11.8 Å². The van der Waals surface area contributed by atoms with Crippen LogP contribution in [0.2, 0.25) is 5.02 Å². The Morgan fingerprint density at radius 1 is 0.783 bits per heavy atom. The van der Waals surface area contributed by atoms with E-state index in [1.165, 1.54) is 23.9 Å². The summed E-state index contributed by atoms with van der Waals surface area (Å²) in [7, 11) is 0. The van der Waals surface area contributed by atoms with Crippen molar-refractivity contribution in [1.29, 1.82) is 0 Å². The van der Waals surface area contributed by atoms with Crippen molar-refractivity contribution < 1.29 is 18.8 Å². The fourth-order valence-corrected chi connectivity index (χ4v) is 5.88. The minimum absolute atomic E-state index is 0.0206. The maximum atomic E-state index is 14.5. The molecule has 0 aromatic heterocycles. The van der Waals surface area contributed by atoms with Crippen LogP contribution >= 0.6 is 39.3 Å². The summed E-state index contributed by atoms with van der Waals surface area (Å²) in [4.78, 5) is 40.7. The minimum atomic E-state index is -0.735. The van der Waals surface area contributed by atoms with E-state index in [-0.39, 0.29) is 11.4 Å². The fourth-order valence-electron chi connectivity index (χ4n) is 4.34. The second kappa shape index (κ2) is 15.5. The van der Waals surface area contributed by atoms with Gasteiger partial charge in [0, 0.05) is 25.6 Å². The number of anilines is 2. The summed E-state index contributed by atoms with van der Waals surface area (Å²) in [5.74, 6) is -1.97. The molecule has 0 spiro atoms. The van der Waals surface area contributed by atoms with E-state index < -0.39 is 28.8 Å². The Hall–Kier alpha value is -4.70. The van der Waals surface area contributed by atoms with Crippen molar-refractivity contribution in [3.63, 3.8) is 0 Å². The third-order valence-electron chi connectivity index (χ3n) is 6.59. The third-order valence-corrected chi connectivity index (χ3v) is 8.58. The first-order valence-electron chi connectivity index (χ1n) is 14.0. The van der Waals surface area contributed by atoms with E-state index in [9.17, 15) is 18.8 Å². The zero-order chi connectivity index (χ0) is 32.5. The van der Waals surface area contributed by atoms with Crippen LogP contribution in [0.5, 0.6) is 0 Å². The van der Waals surface area contributed by atoms with Crippen LogP contribution in [0.25, 0.3) is 6.08 Å². The van der Waals surface area contributed by atoms with Gasteiger partial charge >= 0.3 is 0 Å². The highest BCUT2D eigenvalue weighted by Crippen LogP contribution is 2.37. The Balaban J connectivity index is 1.38. The molecular weight excluding hydrogens is 689 g/mol. The second-order valence-corrected chi connectivity index (χ2v) is 12.5. The molecule has 0 saturated heterocycles. The molecular formula is C36H26BrClFN3O3S. The molecule has 0 aliphatic rings. The molecule has 46 heavy (non-hydrogen) atoms. The number of amides is 3. The number of rotatable bonds is 10. The van der Waals surface area contributed by atoms with Crippen LogP contribution in [0.4, 0.5) is 15.8 Å². The molecule has 3 amide bonds. The maximum absolute atomic E-state index is 14.5. The Morgan fingerprint density at radius 2 is 1.48 bits per heavy atom. The van der Waals surface area contributed by atoms with Gasteiger partial charge in [0.15, 0.2) is 0 Å². The van der Waals surface area contributed by atoms with Crippen LogP contribution in [0.3, 0.4) is 0 Å². The molecule has 230 valence electrons. The van der Waals surface area contributed by atoms with Crippen LogP contribution in [0.15, 0.2) is 142 Å². The van der Waals surface area contributed by atoms with Gasteiger partial charge in [-0.15, -0.1) is 11.8 Å². The molecule has 0 aliphatic heterocycles. The molecule has 10 heteroatoms. The van der Waals surface area contributed by atoms with E-state index in [1.807, 2.05) is 36.4 Å². The van der Waals surface area contributed by atoms with Crippen LogP contribution in [-0.2, 0) is 9.59 Å². The van der Waals surface area contributed by atoms with E-state index in [4.69, 9.17) is 11.6 Å². The third kappa shape index (κ3) is 8.94. The van der Waals surface area contributed by atoms with Gasteiger partial charge in [-0.2, -0.15) is 0 Å². The van der Waals surface area contributed by atoms with Gasteiger partial charge in [-0.05, 0) is 77.9 Å². The van der Waals surface area contributed by atoms with Gasteiger partial charge in [-0.3, -0.25) is 14.4 Å². The lowest BCUT2D eigenvalue weighted by Gasteiger charge is -2.18. The zero-order valence-corrected chi connectivity index (χ0v) is 27.2. The standard InChI is InChI=1S/C36H26BrClFN3O3S/c37-26-16-19-31(30(39)21-26)41-36(45)33(24-8-3-1-4-9-24)46-29-13-7-12-28(22-29)40-35(44)32(20-23-14-17-27(38)18-15-23)42-34(43)25-10-5-2-6-11-25/h1-22,33H,(H,40,44)(H,41,45)(H,42,43)/b32-20-. The van der Waals surface area contributed by atoms with E-state index in [1.54, 1.807) is 84.9 Å². The van der Waals surface area contributed by atoms with E-state index >= 15 is 0 Å². The average molecular weight is 715 g/mol. The quantitative estimate of drug-likeness (QED) is 0.0995. The van der Waals surface area contributed by atoms with E-state index in [2.05, 4.69) is 31.9 Å². The topological polar surface area (TPSA) is 87.3 Å². The number of hydrogen-bond donors (Lipinski definition) is 3. The predicted octanol–water partition coefficient (Wildman–Crippen LogP) is 9.12. The monoisotopic (exact) mass is 713 g/mol. The number of benzene rings is 5. The molecule has 5 aromatic carbocycles. The molecule has 6 nitrogen and oxygen atoms in total. The molecule has 5 rings (SSSR count). The molecule has 0 heterocycles. The summed E-state index contributed by atoms with van der Waals surface area (Å²) in [5.41, 5.74) is 2.29. The molecule has 0 fully saturated rings. The van der Waals surface area contributed by atoms with Crippen molar-refractivity contribution in [2.24, 2.45) is 0 Å². The van der Waals surface area contributed by atoms with Gasteiger partial charge in [0.05, 0.1) is 5.69 Å². The molecule has 1 unspecified atom stereocenters. The molecule has 0 radical (unpaired) electrons. The van der Waals surface area contributed by atoms with Crippen molar-refractivity contribution in [2.75, 3.05) is 10.6 Å². The lowest BCUT2D eigenvalue weighted by atomic mass is 10.1. The molecule has 5 aromatic rings. The number of hydrogen-bond acceptors (Lipinski definition) is 4. The van der Waals surface area contributed by atoms with E-state index in [0.29, 0.717) is 36.8 Å². The highest BCUT2D eigenvalue weighted by atomic mass is 79.9. The molecule has 3 N–H and O–H groups in total. The summed E-state index contributed by atoms with van der Waals surface area (Å²) >= 11 is 10.5. The van der Waals surface area contributed by atoms with Crippen molar-refractivity contribution in [2.45, 2.75) is 10.1 Å². The Labute approximate surface area is 283 Å². The average Bonchev–Trinajstić information content (AvgIpc) is 3.06. The Bertz CT molecular complexity index is 1890. The van der Waals surface area contributed by atoms with E-state index in [0.717, 1.165) is 0 Å². The van der Waals surface area contributed by atoms with Crippen LogP contribution in [0, 0.1) is 5.82 Å². The van der Waals surface area contributed by atoms with Crippen LogP contribution in [-0.4, -0.2) is 17.7 Å². The number of nitrogens with one attached hydrogen (secondary N) is 3. The lowest BCUT2D eigenvalue weighted by molar-refractivity contribution is -0.116. The Kier molecular flexibility index (Phi) is 11.0. The zero-order valence-electron chi connectivity index (χ0n) is 24.0. The summed E-state index contributed by atoms with van der Waals surface area (Å²) in [6.45, 7) is 0. The van der Waals surface area contributed by atoms with Gasteiger partial charge in [0.2, 0.25) is 5.91 Å². The van der Waals surface area contributed by atoms with Crippen LogP contribution in [0.1, 0.15) is 26.7 Å². The minimum Gasteiger partial charge on any atom is -0.322 e. The highest BCUT2D eigenvalue weighted by molar-refractivity contribution is 9.10. The first-order chi connectivity index (χ1) is 22.2. The lowest BCUT2D eigenvalue weighted by Crippen LogP contribution is -2.30. The van der Waals surface area contributed by atoms with Gasteiger partial charge < -0.3 is 16.0 Å². The summed E-state index contributed by atoms with van der Waals surface area (Å²) in [5, 5.41) is 8.06. The number of halogens is 3. The van der Waals surface area contributed by atoms with Crippen molar-refractivity contribution in [3.05, 3.63) is 165 Å². The summed E-state index contributed by atoms with van der Waals surface area (Å²) in [6, 6.07) is 36.0. The van der Waals surface area contributed by atoms with Gasteiger partial charge in [0.1, 0.15) is 16.8 Å². The maximum Gasteiger partial charge on any atom is 0.272 e. The largest absolute Gasteiger partial charge is 0.322 e. The summed E-state index contributed by atoms with van der Waals surface area (Å²) in [6.07, 6.45) is 1.56. The highest BCUT2D eigenvalue weighted by Gasteiger charge is 2.24. The van der Waals surface area contributed by atoms with Gasteiger partial charge in [-0.25, -0.2) is 4.39 Å². The SMILES string of the molecule is O=C(Nc1cccc(SC(C(=O)Nc2ccc(Br)cc2F)c2ccccc2)c1)/C(=C/c1ccc(Cl)cc1)NC(=O)c1ccccc1. The van der Waals surface area contributed by atoms with Crippen molar-refractivity contribution >= 4 is 74.5 Å². The normalized spacial score (nSPS) is 11.8. The fraction of sp³-hybridized carbons (Fsp3) is 0.0278. The predicted molar refractivity (Wildman–Crippen MR) is 186 cm³/mol. The number of carbonyl (C=O) groups excluding carboxylic acids is 3. The smallest absolute Gasteiger partial charge is 0.272 e. The molecule has 0 saturated carbocycles. The number of thioether (sulfide) groups is 1. The molecule has 0 bridgehead atoms. The second-order valence-electron chi connectivity index (χ2n) is 9.93. The first kappa shape index (κ1) is 32.7. The van der Waals surface area contributed by atoms with Crippen molar-refractivity contribution in [1.82, 2.24) is 5.32 Å². The van der Waals surface area contributed by atoms with Gasteiger partial charge in [-0.1, -0.05) is 94.3 Å². The molecule has 0 aliphatic carbocycles. The Morgan fingerprint density at radius 3 is 2.17 bits per heavy atom. The number of carbonyl (C=O) groups is 3. The summed E-state index contributed by atoms with van der Waals surface area (Å²) < 4.78 is 15.1. The van der Waals surface area contributed by atoms with Crippen molar-refractivity contribution in [3.8, 4) is 0 Å². The molecule has 1 atom stereocenters. The van der Waals surface area contributed by atoms with Crippen LogP contribution < -0.4 is 16.0 Å².